The third-order valence-corrected chi connectivity index (χ3v) is 5.77. The molecular formula is C19H22N2O3S. The van der Waals surface area contributed by atoms with Crippen LogP contribution in [0.1, 0.15) is 23.6 Å². The molecule has 0 aromatic heterocycles. The van der Waals surface area contributed by atoms with Crippen molar-refractivity contribution in [3.63, 3.8) is 0 Å². The second-order valence-corrected chi connectivity index (χ2v) is 7.53. The quantitative estimate of drug-likeness (QED) is 0.338. The highest BCUT2D eigenvalue weighted by molar-refractivity contribution is 7.89. The first-order valence-electron chi connectivity index (χ1n) is 7.91. The molecule has 0 saturated carbocycles. The monoisotopic (exact) mass is 358 g/mol. The van der Waals surface area contributed by atoms with Crippen LogP contribution in [-0.2, 0) is 10.0 Å². The average molecular weight is 358 g/mol. The van der Waals surface area contributed by atoms with Crippen LogP contribution in [0.5, 0.6) is 0 Å². The standard InChI is InChI=1S/C19H22N2O3S/c1-3-15-21(25(23,24)18-11-9-16(2)10-12-18)19(13-14-20-22)17-7-5-4-6-8-17/h3-12,14,19,22H,1,13,15H2,2H3/b20-14-. The number of hydrogen-bond acceptors (Lipinski definition) is 4. The molecule has 1 N–H and O–H groups in total. The minimum atomic E-state index is -3.74. The van der Waals surface area contributed by atoms with Crippen LogP contribution in [0.4, 0.5) is 0 Å². The molecular weight excluding hydrogens is 336 g/mol. The fourth-order valence-electron chi connectivity index (χ4n) is 2.61. The summed E-state index contributed by atoms with van der Waals surface area (Å²) in [6.45, 7) is 5.74. The van der Waals surface area contributed by atoms with Crippen LogP contribution in [0, 0.1) is 6.92 Å². The van der Waals surface area contributed by atoms with E-state index in [9.17, 15) is 8.42 Å². The van der Waals surface area contributed by atoms with Gasteiger partial charge in [0.05, 0.1) is 10.9 Å². The maximum absolute atomic E-state index is 13.2. The lowest BCUT2D eigenvalue weighted by atomic mass is 10.0. The lowest BCUT2D eigenvalue weighted by molar-refractivity contribution is 0.314. The fourth-order valence-corrected chi connectivity index (χ4v) is 4.20. The predicted molar refractivity (Wildman–Crippen MR) is 99.3 cm³/mol. The van der Waals surface area contributed by atoms with Crippen molar-refractivity contribution < 1.29 is 13.6 Å². The third kappa shape index (κ3) is 4.55. The molecule has 1 atom stereocenters. The normalized spacial score (nSPS) is 13.2. The number of nitrogens with zero attached hydrogens (tertiary/aromatic N) is 2. The molecule has 1 unspecified atom stereocenters. The first-order valence-corrected chi connectivity index (χ1v) is 9.35. The summed E-state index contributed by atoms with van der Waals surface area (Å²) in [7, 11) is -3.74. The van der Waals surface area contributed by atoms with Crippen LogP contribution in [0.15, 0.2) is 77.3 Å². The van der Waals surface area contributed by atoms with Crippen molar-refractivity contribution in [2.24, 2.45) is 5.16 Å². The Morgan fingerprint density at radius 1 is 1.16 bits per heavy atom. The van der Waals surface area contributed by atoms with Gasteiger partial charge in [0.1, 0.15) is 0 Å². The van der Waals surface area contributed by atoms with Crippen molar-refractivity contribution in [1.29, 1.82) is 0 Å². The van der Waals surface area contributed by atoms with E-state index in [1.165, 1.54) is 10.5 Å². The molecule has 0 heterocycles. The maximum Gasteiger partial charge on any atom is 0.243 e. The van der Waals surface area contributed by atoms with Gasteiger partial charge in [0, 0.05) is 19.2 Å². The first-order chi connectivity index (χ1) is 12.0. The molecule has 25 heavy (non-hydrogen) atoms. The molecule has 132 valence electrons. The molecule has 2 aromatic carbocycles. The van der Waals surface area contributed by atoms with E-state index in [2.05, 4.69) is 11.7 Å². The van der Waals surface area contributed by atoms with Gasteiger partial charge in [-0.05, 0) is 24.6 Å². The molecule has 5 nitrogen and oxygen atoms in total. The highest BCUT2D eigenvalue weighted by atomic mass is 32.2. The molecule has 0 fully saturated rings. The zero-order valence-electron chi connectivity index (χ0n) is 14.1. The SMILES string of the molecule is C=CCN(C(C/C=N\O)c1ccccc1)S(=O)(=O)c1ccc(C)cc1. The van der Waals surface area contributed by atoms with E-state index in [0.717, 1.165) is 11.1 Å². The van der Waals surface area contributed by atoms with Gasteiger partial charge >= 0.3 is 0 Å². The number of oxime groups is 1. The van der Waals surface area contributed by atoms with E-state index in [1.807, 2.05) is 37.3 Å². The van der Waals surface area contributed by atoms with E-state index in [1.54, 1.807) is 30.3 Å². The van der Waals surface area contributed by atoms with Crippen LogP contribution < -0.4 is 0 Å². The van der Waals surface area contributed by atoms with Gasteiger partial charge in [-0.3, -0.25) is 0 Å². The molecule has 0 aliphatic rings. The topological polar surface area (TPSA) is 70.0 Å². The van der Waals surface area contributed by atoms with Crippen LogP contribution in [-0.4, -0.2) is 30.7 Å². The van der Waals surface area contributed by atoms with E-state index in [-0.39, 0.29) is 17.9 Å². The molecule has 0 amide bonds. The molecule has 6 heteroatoms. The van der Waals surface area contributed by atoms with Crippen molar-refractivity contribution in [2.45, 2.75) is 24.3 Å². The van der Waals surface area contributed by atoms with Gasteiger partial charge in [-0.25, -0.2) is 8.42 Å². The van der Waals surface area contributed by atoms with Crippen LogP contribution in [0.25, 0.3) is 0 Å². The predicted octanol–water partition coefficient (Wildman–Crippen LogP) is 3.76. The van der Waals surface area contributed by atoms with E-state index in [4.69, 9.17) is 5.21 Å². The molecule has 0 aliphatic heterocycles. The molecule has 0 spiro atoms. The number of sulfonamides is 1. The van der Waals surface area contributed by atoms with Crippen molar-refractivity contribution in [3.8, 4) is 0 Å². The summed E-state index contributed by atoms with van der Waals surface area (Å²) >= 11 is 0. The summed E-state index contributed by atoms with van der Waals surface area (Å²) in [5.41, 5.74) is 1.81. The van der Waals surface area contributed by atoms with Crippen molar-refractivity contribution in [1.82, 2.24) is 4.31 Å². The van der Waals surface area contributed by atoms with Crippen LogP contribution in [0.2, 0.25) is 0 Å². The average Bonchev–Trinajstić information content (AvgIpc) is 2.62. The van der Waals surface area contributed by atoms with Gasteiger partial charge in [0.2, 0.25) is 10.0 Å². The number of aryl methyl sites for hydroxylation is 1. The molecule has 2 rings (SSSR count). The van der Waals surface area contributed by atoms with Gasteiger partial charge in [0.15, 0.2) is 0 Å². The molecule has 0 bridgehead atoms. The minimum Gasteiger partial charge on any atom is -0.411 e. The Morgan fingerprint density at radius 3 is 2.36 bits per heavy atom. The molecule has 0 saturated heterocycles. The molecule has 0 aliphatic carbocycles. The van der Waals surface area contributed by atoms with Gasteiger partial charge in [-0.15, -0.1) is 11.7 Å². The Balaban J connectivity index is 2.51. The van der Waals surface area contributed by atoms with E-state index >= 15 is 0 Å². The van der Waals surface area contributed by atoms with Gasteiger partial charge in [-0.2, -0.15) is 4.31 Å². The summed E-state index contributed by atoms with van der Waals surface area (Å²) < 4.78 is 27.7. The summed E-state index contributed by atoms with van der Waals surface area (Å²) in [4.78, 5) is 0.224. The zero-order valence-corrected chi connectivity index (χ0v) is 14.9. The third-order valence-electron chi connectivity index (χ3n) is 3.88. The second-order valence-electron chi connectivity index (χ2n) is 5.64. The minimum absolute atomic E-state index is 0.148. The van der Waals surface area contributed by atoms with Gasteiger partial charge in [-0.1, -0.05) is 54.1 Å². The molecule has 2 aromatic rings. The van der Waals surface area contributed by atoms with E-state index < -0.39 is 16.1 Å². The van der Waals surface area contributed by atoms with E-state index in [0.29, 0.717) is 0 Å². The first kappa shape index (κ1) is 18.9. The number of benzene rings is 2. The summed E-state index contributed by atoms with van der Waals surface area (Å²) in [6.07, 6.45) is 3.11. The second kappa shape index (κ2) is 8.60. The Kier molecular flexibility index (Phi) is 6.50. The lowest BCUT2D eigenvalue weighted by Crippen LogP contribution is -2.35. The number of hydrogen-bond donors (Lipinski definition) is 1. The largest absolute Gasteiger partial charge is 0.411 e. The highest BCUT2D eigenvalue weighted by Gasteiger charge is 2.31. The Bertz CT molecular complexity index is 816. The van der Waals surface area contributed by atoms with Crippen molar-refractivity contribution in [2.75, 3.05) is 6.54 Å². The Morgan fingerprint density at radius 2 is 1.80 bits per heavy atom. The van der Waals surface area contributed by atoms with Gasteiger partial charge < -0.3 is 5.21 Å². The smallest absolute Gasteiger partial charge is 0.243 e. The Labute approximate surface area is 149 Å². The maximum atomic E-state index is 13.2. The molecule has 0 radical (unpaired) electrons. The lowest BCUT2D eigenvalue weighted by Gasteiger charge is -2.29. The zero-order chi connectivity index (χ0) is 18.3. The van der Waals surface area contributed by atoms with Crippen LogP contribution >= 0.6 is 0 Å². The number of rotatable bonds is 8. The Hall–Kier alpha value is -2.44. The van der Waals surface area contributed by atoms with Crippen LogP contribution in [0.3, 0.4) is 0 Å². The van der Waals surface area contributed by atoms with Gasteiger partial charge in [0.25, 0.3) is 0 Å². The van der Waals surface area contributed by atoms with Crippen molar-refractivity contribution in [3.05, 3.63) is 78.4 Å². The summed E-state index contributed by atoms with van der Waals surface area (Å²) in [5, 5.41) is 11.8. The summed E-state index contributed by atoms with van der Waals surface area (Å²) in [6, 6.07) is 15.5. The van der Waals surface area contributed by atoms with Crippen molar-refractivity contribution >= 4 is 16.2 Å². The highest BCUT2D eigenvalue weighted by Crippen LogP contribution is 2.30. The summed E-state index contributed by atoms with van der Waals surface area (Å²) in [5.74, 6) is 0. The fraction of sp³-hybridized carbons (Fsp3) is 0.211.